The second kappa shape index (κ2) is 5.97. The molecule has 3 aromatic rings. The Kier molecular flexibility index (Phi) is 3.87. The number of hydrogen-bond donors (Lipinski definition) is 0. The van der Waals surface area contributed by atoms with Gasteiger partial charge in [0.2, 0.25) is 0 Å². The Morgan fingerprint density at radius 2 is 2.00 bits per heavy atom. The zero-order chi connectivity index (χ0) is 15.5. The summed E-state index contributed by atoms with van der Waals surface area (Å²) >= 11 is 0. The second-order valence-corrected chi connectivity index (χ2v) is 5.25. The summed E-state index contributed by atoms with van der Waals surface area (Å²) in [6.45, 7) is 2.45. The molecule has 0 saturated carbocycles. The van der Waals surface area contributed by atoms with E-state index in [0.717, 1.165) is 12.0 Å². The number of carbonyl (C=O) groups is 1. The van der Waals surface area contributed by atoms with Crippen LogP contribution in [0, 0.1) is 6.92 Å². The Hall–Kier alpha value is -2.69. The smallest absolute Gasteiger partial charge is 0.253 e. The predicted octanol–water partition coefficient (Wildman–Crippen LogP) is 2.85. The van der Waals surface area contributed by atoms with Crippen molar-refractivity contribution in [2.24, 2.45) is 0 Å². The van der Waals surface area contributed by atoms with Gasteiger partial charge in [-0.05, 0) is 42.3 Å². The van der Waals surface area contributed by atoms with Gasteiger partial charge in [-0.1, -0.05) is 0 Å². The van der Waals surface area contributed by atoms with Gasteiger partial charge in [0.1, 0.15) is 5.52 Å². The van der Waals surface area contributed by atoms with E-state index in [2.05, 4.69) is 9.97 Å². The van der Waals surface area contributed by atoms with Crippen molar-refractivity contribution in [2.75, 3.05) is 13.6 Å². The Labute approximate surface area is 128 Å². The maximum absolute atomic E-state index is 12.5. The van der Waals surface area contributed by atoms with Crippen molar-refractivity contribution >= 4 is 17.0 Å². The van der Waals surface area contributed by atoms with Crippen LogP contribution in [0.5, 0.6) is 0 Å². The molecule has 1 amide bonds. The quantitative estimate of drug-likeness (QED) is 0.742. The molecule has 5 heteroatoms. The molecule has 2 aromatic heterocycles. The molecule has 0 spiro atoms. The number of aromatic nitrogens is 2. The summed E-state index contributed by atoms with van der Waals surface area (Å²) in [5.74, 6) is 0.585. The molecule has 0 bridgehead atoms. The Balaban J connectivity index is 1.71. The lowest BCUT2D eigenvalue weighted by Gasteiger charge is -2.17. The van der Waals surface area contributed by atoms with Crippen molar-refractivity contribution in [3.05, 3.63) is 59.7 Å². The van der Waals surface area contributed by atoms with Crippen LogP contribution in [-0.2, 0) is 6.42 Å². The van der Waals surface area contributed by atoms with Crippen LogP contribution in [0.15, 0.2) is 47.1 Å². The maximum Gasteiger partial charge on any atom is 0.253 e. The number of oxazole rings is 1. The number of rotatable bonds is 4. The molecule has 0 atom stereocenters. The number of hydrogen-bond acceptors (Lipinski definition) is 4. The number of likely N-dealkylation sites (N-methyl/N-ethyl adjacent to an activating group) is 1. The van der Waals surface area contributed by atoms with Crippen LogP contribution in [0.1, 0.15) is 21.8 Å². The second-order valence-electron chi connectivity index (χ2n) is 5.25. The summed E-state index contributed by atoms with van der Waals surface area (Å²) < 4.78 is 5.43. The molecule has 0 radical (unpaired) electrons. The molecule has 1 aromatic carbocycles. The summed E-state index contributed by atoms with van der Waals surface area (Å²) in [7, 11) is 1.81. The highest BCUT2D eigenvalue weighted by Gasteiger charge is 2.13. The number of aryl methyl sites for hydroxylation is 1. The summed E-state index contributed by atoms with van der Waals surface area (Å²) in [6, 6.07) is 9.26. The molecule has 0 aliphatic carbocycles. The number of pyridine rings is 1. The molecule has 22 heavy (non-hydrogen) atoms. The number of benzene rings is 1. The van der Waals surface area contributed by atoms with Gasteiger partial charge in [-0.2, -0.15) is 0 Å². The van der Waals surface area contributed by atoms with E-state index < -0.39 is 0 Å². The first-order chi connectivity index (χ1) is 10.6. The van der Waals surface area contributed by atoms with Crippen LogP contribution in [0.4, 0.5) is 0 Å². The Morgan fingerprint density at radius 3 is 2.77 bits per heavy atom. The largest absolute Gasteiger partial charge is 0.441 e. The topological polar surface area (TPSA) is 59.2 Å². The van der Waals surface area contributed by atoms with E-state index in [0.29, 0.717) is 29.1 Å². The van der Waals surface area contributed by atoms with Crippen LogP contribution >= 0.6 is 0 Å². The molecule has 112 valence electrons. The maximum atomic E-state index is 12.5. The van der Waals surface area contributed by atoms with Crippen LogP contribution in [0.2, 0.25) is 0 Å². The molecular weight excluding hydrogens is 278 g/mol. The van der Waals surface area contributed by atoms with E-state index in [1.54, 1.807) is 42.4 Å². The Bertz CT molecular complexity index is 796. The minimum atomic E-state index is -0.0170. The lowest BCUT2D eigenvalue weighted by Crippen LogP contribution is -2.28. The van der Waals surface area contributed by atoms with Crippen LogP contribution in [0.3, 0.4) is 0 Å². The van der Waals surface area contributed by atoms with Gasteiger partial charge in [0.15, 0.2) is 11.5 Å². The fraction of sp³-hybridized carbons (Fsp3) is 0.235. The normalized spacial score (nSPS) is 10.8. The van der Waals surface area contributed by atoms with Crippen LogP contribution in [-0.4, -0.2) is 34.4 Å². The van der Waals surface area contributed by atoms with Crippen molar-refractivity contribution in [1.29, 1.82) is 0 Å². The molecule has 0 aliphatic heterocycles. The zero-order valence-corrected chi connectivity index (χ0v) is 12.6. The number of nitrogens with zero attached hydrogens (tertiary/aromatic N) is 3. The van der Waals surface area contributed by atoms with Gasteiger partial charge in [0, 0.05) is 38.5 Å². The minimum Gasteiger partial charge on any atom is -0.441 e. The van der Waals surface area contributed by atoms with Crippen molar-refractivity contribution in [1.82, 2.24) is 14.9 Å². The monoisotopic (exact) mass is 295 g/mol. The van der Waals surface area contributed by atoms with Gasteiger partial charge in [0.05, 0.1) is 0 Å². The number of carbonyl (C=O) groups excluding carboxylic acids is 1. The van der Waals surface area contributed by atoms with Gasteiger partial charge in [-0.3, -0.25) is 9.78 Å². The summed E-state index contributed by atoms with van der Waals surface area (Å²) in [6.07, 6.45) is 4.33. The van der Waals surface area contributed by atoms with Gasteiger partial charge in [-0.25, -0.2) is 4.98 Å². The number of amides is 1. The summed E-state index contributed by atoms with van der Waals surface area (Å²) in [5.41, 5.74) is 3.20. The van der Waals surface area contributed by atoms with Crippen molar-refractivity contribution in [3.63, 3.8) is 0 Å². The van der Waals surface area contributed by atoms with Crippen molar-refractivity contribution in [2.45, 2.75) is 13.3 Å². The lowest BCUT2D eigenvalue weighted by atomic mass is 10.1. The van der Waals surface area contributed by atoms with Crippen molar-refractivity contribution in [3.8, 4) is 0 Å². The lowest BCUT2D eigenvalue weighted by molar-refractivity contribution is 0.0797. The minimum absolute atomic E-state index is 0.0170. The van der Waals surface area contributed by atoms with Crippen molar-refractivity contribution < 1.29 is 9.21 Å². The molecule has 0 N–H and O–H groups in total. The predicted molar refractivity (Wildman–Crippen MR) is 83.6 cm³/mol. The standard InChI is InChI=1S/C17H17N3O2/c1-12-19-15-11-14(3-4-16(15)22-12)17(21)20(2)10-7-13-5-8-18-9-6-13/h3-6,8-9,11H,7,10H2,1-2H3. The average molecular weight is 295 g/mol. The first-order valence-corrected chi connectivity index (χ1v) is 7.15. The fourth-order valence-electron chi connectivity index (χ4n) is 2.34. The summed E-state index contributed by atoms with van der Waals surface area (Å²) in [5, 5.41) is 0. The Morgan fingerprint density at radius 1 is 1.23 bits per heavy atom. The van der Waals surface area contributed by atoms with Crippen LogP contribution < -0.4 is 0 Å². The fourth-order valence-corrected chi connectivity index (χ4v) is 2.34. The molecule has 0 saturated heterocycles. The summed E-state index contributed by atoms with van der Waals surface area (Å²) in [4.78, 5) is 22.4. The van der Waals surface area contributed by atoms with E-state index >= 15 is 0 Å². The molecule has 0 unspecified atom stereocenters. The SMILES string of the molecule is Cc1nc2cc(C(=O)N(C)CCc3ccncc3)ccc2o1. The zero-order valence-electron chi connectivity index (χ0n) is 12.6. The number of fused-ring (bicyclic) bond motifs is 1. The van der Waals surface area contributed by atoms with E-state index in [1.807, 2.05) is 19.2 Å². The van der Waals surface area contributed by atoms with E-state index in [4.69, 9.17) is 4.42 Å². The molecule has 0 fully saturated rings. The molecular formula is C17H17N3O2. The van der Waals surface area contributed by atoms with Gasteiger partial charge in [-0.15, -0.1) is 0 Å². The molecule has 3 rings (SSSR count). The molecule has 2 heterocycles. The van der Waals surface area contributed by atoms with E-state index in [-0.39, 0.29) is 5.91 Å². The van der Waals surface area contributed by atoms with Gasteiger partial charge >= 0.3 is 0 Å². The van der Waals surface area contributed by atoms with Gasteiger partial charge in [0.25, 0.3) is 5.91 Å². The van der Waals surface area contributed by atoms with E-state index in [1.165, 1.54) is 0 Å². The third-order valence-corrected chi connectivity index (χ3v) is 3.57. The molecule has 5 nitrogen and oxygen atoms in total. The first kappa shape index (κ1) is 14.3. The van der Waals surface area contributed by atoms with Crippen LogP contribution in [0.25, 0.3) is 11.1 Å². The van der Waals surface area contributed by atoms with E-state index in [9.17, 15) is 4.79 Å². The first-order valence-electron chi connectivity index (χ1n) is 7.15. The highest BCUT2D eigenvalue weighted by molar-refractivity contribution is 5.96. The third kappa shape index (κ3) is 2.98. The van der Waals surface area contributed by atoms with Gasteiger partial charge < -0.3 is 9.32 Å². The highest BCUT2D eigenvalue weighted by atomic mass is 16.3. The third-order valence-electron chi connectivity index (χ3n) is 3.57. The highest BCUT2D eigenvalue weighted by Crippen LogP contribution is 2.17. The average Bonchev–Trinajstić information content (AvgIpc) is 2.92. The molecule has 0 aliphatic rings.